The predicted octanol–water partition coefficient (Wildman–Crippen LogP) is 5.89. The highest BCUT2D eigenvalue weighted by atomic mass is 32.1. The van der Waals surface area contributed by atoms with Crippen LogP contribution in [0.4, 0.5) is 22.3 Å². The molecule has 10 heteroatoms. The molecule has 9 nitrogen and oxygen atoms in total. The molecule has 0 spiro atoms. The maximum Gasteiger partial charge on any atom is 0.211 e. The predicted molar refractivity (Wildman–Crippen MR) is 147 cm³/mol. The van der Waals surface area contributed by atoms with Crippen molar-refractivity contribution in [1.82, 2.24) is 30.0 Å². The number of pyridine rings is 3. The van der Waals surface area contributed by atoms with E-state index in [0.717, 1.165) is 57.1 Å². The number of fused-ring (bicyclic) bond motifs is 1. The van der Waals surface area contributed by atoms with Crippen LogP contribution in [-0.2, 0) is 0 Å². The molecule has 0 amide bonds. The molecule has 1 saturated heterocycles. The van der Waals surface area contributed by atoms with E-state index in [1.165, 1.54) is 51.6 Å². The molecule has 0 unspecified atom stereocenters. The smallest absolute Gasteiger partial charge is 0.211 e. The van der Waals surface area contributed by atoms with Crippen LogP contribution in [-0.4, -0.2) is 56.3 Å². The largest absolute Gasteiger partial charge is 0.492 e. The molecule has 2 fully saturated rings. The van der Waals surface area contributed by atoms with Crippen molar-refractivity contribution in [1.29, 1.82) is 0 Å². The summed E-state index contributed by atoms with van der Waals surface area (Å²) in [6, 6.07) is 7.84. The summed E-state index contributed by atoms with van der Waals surface area (Å²) in [6.07, 6.45) is 14.0. The second kappa shape index (κ2) is 11.4. The zero-order valence-electron chi connectivity index (χ0n) is 20.9. The average Bonchev–Trinajstić information content (AvgIpc) is 3.70. The Labute approximate surface area is 220 Å². The van der Waals surface area contributed by atoms with Gasteiger partial charge in [-0.25, -0.2) is 4.98 Å². The Morgan fingerprint density at radius 3 is 2.68 bits per heavy atom. The maximum atomic E-state index is 5.95. The van der Waals surface area contributed by atoms with Crippen LogP contribution < -0.4 is 15.4 Å². The fourth-order valence-electron chi connectivity index (χ4n) is 5.09. The molecule has 1 saturated carbocycles. The topological polar surface area (TPSA) is 101 Å². The first-order valence-electron chi connectivity index (χ1n) is 13.2. The first kappa shape index (κ1) is 24.0. The third-order valence-corrected chi connectivity index (χ3v) is 8.01. The fourth-order valence-corrected chi connectivity index (χ4v) is 6.01. The lowest BCUT2D eigenvalue weighted by Crippen LogP contribution is -2.21. The molecule has 0 bridgehead atoms. The first-order chi connectivity index (χ1) is 18.3. The summed E-state index contributed by atoms with van der Waals surface area (Å²) in [7, 11) is 0. The van der Waals surface area contributed by atoms with Crippen LogP contribution in [0.5, 0.6) is 5.75 Å². The Kier molecular flexibility index (Phi) is 7.36. The fraction of sp³-hybridized carbons (Fsp3) is 0.444. The lowest BCUT2D eigenvalue weighted by molar-refractivity contribution is 0.263. The molecule has 4 aromatic rings. The van der Waals surface area contributed by atoms with E-state index in [-0.39, 0.29) is 0 Å². The lowest BCUT2D eigenvalue weighted by Gasteiger charge is -2.14. The summed E-state index contributed by atoms with van der Waals surface area (Å²) in [5.74, 6) is 2.05. The van der Waals surface area contributed by atoms with Gasteiger partial charge in [-0.05, 0) is 63.4 Å². The summed E-state index contributed by atoms with van der Waals surface area (Å²) >= 11 is 1.63. The van der Waals surface area contributed by atoms with Crippen molar-refractivity contribution in [3.63, 3.8) is 0 Å². The Morgan fingerprint density at radius 1 is 0.919 bits per heavy atom. The standard InChI is InChI=1S/C27H32N8OS/c1-2-7-19(6-1)26-33-34-27(37-26)32-25-9-8-23-24(31-25)15-21(17-29-23)30-20-14-22(18-28-16-20)36-13-5-12-35-10-3-4-11-35/h8-9,14-19,30H,1-7,10-13H2,(H,31,32,34). The molecule has 37 heavy (non-hydrogen) atoms. The van der Waals surface area contributed by atoms with Crippen LogP contribution in [0.3, 0.4) is 0 Å². The van der Waals surface area contributed by atoms with Gasteiger partial charge in [-0.1, -0.05) is 24.2 Å². The molecule has 5 heterocycles. The van der Waals surface area contributed by atoms with Gasteiger partial charge < -0.3 is 20.3 Å². The number of anilines is 4. The summed E-state index contributed by atoms with van der Waals surface area (Å²) < 4.78 is 5.95. The number of nitrogens with zero attached hydrogens (tertiary/aromatic N) is 6. The van der Waals surface area contributed by atoms with Gasteiger partial charge in [0.15, 0.2) is 0 Å². The van der Waals surface area contributed by atoms with Gasteiger partial charge in [0.2, 0.25) is 5.13 Å². The van der Waals surface area contributed by atoms with Gasteiger partial charge in [0.25, 0.3) is 0 Å². The van der Waals surface area contributed by atoms with E-state index < -0.39 is 0 Å². The van der Waals surface area contributed by atoms with Gasteiger partial charge in [0.1, 0.15) is 16.6 Å². The lowest BCUT2D eigenvalue weighted by atomic mass is 10.1. The number of ether oxygens (including phenoxy) is 1. The van der Waals surface area contributed by atoms with Gasteiger partial charge in [-0.15, -0.1) is 10.2 Å². The SMILES string of the molecule is c1ncc(OCCCN2CCCC2)cc1Nc1cnc2ccc(Nc3nnc(C4CCCC4)s3)nc2c1. The Bertz CT molecular complexity index is 1330. The minimum atomic E-state index is 0.559. The molecule has 2 aliphatic rings. The highest BCUT2D eigenvalue weighted by Gasteiger charge is 2.21. The molecular formula is C27H32N8OS. The minimum absolute atomic E-state index is 0.559. The molecule has 192 valence electrons. The molecule has 1 aliphatic heterocycles. The van der Waals surface area contributed by atoms with E-state index in [4.69, 9.17) is 9.72 Å². The van der Waals surface area contributed by atoms with Gasteiger partial charge in [-0.2, -0.15) is 0 Å². The van der Waals surface area contributed by atoms with Crippen LogP contribution in [0.1, 0.15) is 55.9 Å². The highest BCUT2D eigenvalue weighted by molar-refractivity contribution is 7.15. The third-order valence-electron chi connectivity index (χ3n) is 7.01. The van der Waals surface area contributed by atoms with Crippen molar-refractivity contribution in [3.05, 3.63) is 47.9 Å². The van der Waals surface area contributed by atoms with E-state index in [1.807, 2.05) is 24.3 Å². The van der Waals surface area contributed by atoms with Crippen LogP contribution in [0.2, 0.25) is 0 Å². The average molecular weight is 517 g/mol. The Hall–Kier alpha value is -3.37. The van der Waals surface area contributed by atoms with Crippen LogP contribution >= 0.6 is 11.3 Å². The molecule has 6 rings (SSSR count). The number of nitrogens with one attached hydrogen (secondary N) is 2. The molecular weight excluding hydrogens is 484 g/mol. The van der Waals surface area contributed by atoms with Gasteiger partial charge in [0.05, 0.1) is 47.6 Å². The second-order valence-electron chi connectivity index (χ2n) is 9.80. The van der Waals surface area contributed by atoms with E-state index in [2.05, 4.69) is 35.7 Å². The summed E-state index contributed by atoms with van der Waals surface area (Å²) in [5, 5.41) is 17.3. The van der Waals surface area contributed by atoms with Gasteiger partial charge in [-0.3, -0.25) is 9.97 Å². The van der Waals surface area contributed by atoms with Crippen molar-refractivity contribution in [2.24, 2.45) is 0 Å². The van der Waals surface area contributed by atoms with Crippen molar-refractivity contribution >= 4 is 44.7 Å². The van der Waals surface area contributed by atoms with Crippen LogP contribution in [0.25, 0.3) is 11.0 Å². The van der Waals surface area contributed by atoms with Crippen molar-refractivity contribution < 1.29 is 4.74 Å². The van der Waals surface area contributed by atoms with Crippen LogP contribution in [0, 0.1) is 0 Å². The monoisotopic (exact) mass is 516 g/mol. The molecule has 4 aromatic heterocycles. The van der Waals surface area contributed by atoms with E-state index >= 15 is 0 Å². The van der Waals surface area contributed by atoms with Crippen molar-refractivity contribution in [2.75, 3.05) is 36.9 Å². The zero-order chi connectivity index (χ0) is 24.9. The maximum absolute atomic E-state index is 5.95. The number of rotatable bonds is 10. The minimum Gasteiger partial charge on any atom is -0.492 e. The number of aromatic nitrogens is 5. The summed E-state index contributed by atoms with van der Waals surface area (Å²) in [5.41, 5.74) is 3.30. The van der Waals surface area contributed by atoms with Crippen molar-refractivity contribution in [3.8, 4) is 5.75 Å². The second-order valence-corrected chi connectivity index (χ2v) is 10.8. The normalized spacial score (nSPS) is 16.4. The number of hydrogen-bond donors (Lipinski definition) is 2. The molecule has 0 radical (unpaired) electrons. The Balaban J connectivity index is 1.08. The first-order valence-corrected chi connectivity index (χ1v) is 14.0. The quantitative estimate of drug-likeness (QED) is 0.250. The highest BCUT2D eigenvalue weighted by Crippen LogP contribution is 2.37. The van der Waals surface area contributed by atoms with E-state index in [1.54, 1.807) is 29.9 Å². The molecule has 2 N–H and O–H groups in total. The molecule has 0 atom stereocenters. The summed E-state index contributed by atoms with van der Waals surface area (Å²) in [4.78, 5) is 16.2. The van der Waals surface area contributed by atoms with Gasteiger partial charge >= 0.3 is 0 Å². The van der Waals surface area contributed by atoms with E-state index in [9.17, 15) is 0 Å². The summed E-state index contributed by atoms with van der Waals surface area (Å²) in [6.45, 7) is 4.22. The number of hydrogen-bond acceptors (Lipinski definition) is 10. The van der Waals surface area contributed by atoms with Crippen molar-refractivity contribution in [2.45, 2.75) is 50.9 Å². The number of likely N-dealkylation sites (tertiary alicyclic amines) is 1. The Morgan fingerprint density at radius 2 is 1.78 bits per heavy atom. The molecule has 0 aromatic carbocycles. The zero-order valence-corrected chi connectivity index (χ0v) is 21.7. The molecule has 1 aliphatic carbocycles. The third kappa shape index (κ3) is 6.14. The van der Waals surface area contributed by atoms with Gasteiger partial charge in [0, 0.05) is 18.5 Å². The van der Waals surface area contributed by atoms with E-state index in [0.29, 0.717) is 12.5 Å². The van der Waals surface area contributed by atoms with Crippen LogP contribution in [0.15, 0.2) is 42.9 Å².